The van der Waals surface area contributed by atoms with Crippen molar-refractivity contribution in [1.29, 1.82) is 0 Å². The van der Waals surface area contributed by atoms with Crippen molar-refractivity contribution in [3.63, 3.8) is 0 Å². The van der Waals surface area contributed by atoms with E-state index in [0.29, 0.717) is 27.2 Å². The largest absolute Gasteiger partial charge is 0.503 e. The maximum Gasteiger partial charge on any atom is 0.335 e. The number of amides is 4. The quantitative estimate of drug-likeness (QED) is 0.507. The number of imide groups is 2. The normalized spacial score (nSPS) is 15.7. The maximum absolute atomic E-state index is 13.0. The van der Waals surface area contributed by atoms with Gasteiger partial charge < -0.3 is 9.84 Å². The number of carbonyl (C=O) groups excluding carboxylic acids is 3. The van der Waals surface area contributed by atoms with Crippen molar-refractivity contribution in [2.75, 3.05) is 11.5 Å². The van der Waals surface area contributed by atoms with Gasteiger partial charge in [0.25, 0.3) is 11.8 Å². The highest BCUT2D eigenvalue weighted by Crippen LogP contribution is 2.36. The molecule has 2 N–H and O–H groups in total. The van der Waals surface area contributed by atoms with Gasteiger partial charge in [-0.15, -0.1) is 0 Å². The first-order chi connectivity index (χ1) is 13.7. The molecule has 150 valence electrons. The third kappa shape index (κ3) is 3.99. The molecule has 9 heteroatoms. The first-order valence-electron chi connectivity index (χ1n) is 8.56. The molecule has 0 aliphatic carbocycles. The topological polar surface area (TPSA) is 95.9 Å². The molecule has 0 aromatic heterocycles. The molecule has 1 saturated heterocycles. The summed E-state index contributed by atoms with van der Waals surface area (Å²) in [5.41, 5.74) is 0.982. The van der Waals surface area contributed by atoms with Crippen LogP contribution in [-0.2, 0) is 9.59 Å². The van der Waals surface area contributed by atoms with E-state index in [4.69, 9.17) is 16.3 Å². The first kappa shape index (κ1) is 20.9. The lowest BCUT2D eigenvalue weighted by atomic mass is 10.1. The van der Waals surface area contributed by atoms with E-state index in [2.05, 4.69) is 21.2 Å². The number of nitrogens with zero attached hydrogens (tertiary/aromatic N) is 1. The van der Waals surface area contributed by atoms with Gasteiger partial charge in [0.15, 0.2) is 11.5 Å². The second-order valence-electron chi connectivity index (χ2n) is 6.12. The standard InChI is InChI=1S/C20H16BrClN2O5/c1-3-29-16-9-11(8-13(21)17(16)25)7-12-18(26)23-20(28)24(19(12)27)15-6-4-5-14(22)10(15)2/h4-9,25H,3H2,1-2H3,(H,23,26,28). The average Bonchev–Trinajstić information content (AvgIpc) is 2.66. The first-order valence-corrected chi connectivity index (χ1v) is 9.73. The minimum Gasteiger partial charge on any atom is -0.503 e. The fourth-order valence-corrected chi connectivity index (χ4v) is 3.45. The lowest BCUT2D eigenvalue weighted by Crippen LogP contribution is -2.54. The Morgan fingerprint density at radius 3 is 2.69 bits per heavy atom. The van der Waals surface area contributed by atoms with Crippen molar-refractivity contribution in [3.05, 3.63) is 56.5 Å². The molecule has 0 radical (unpaired) electrons. The summed E-state index contributed by atoms with van der Waals surface area (Å²) in [7, 11) is 0. The maximum atomic E-state index is 13.0. The number of phenols is 1. The molecule has 2 aromatic rings. The number of nitrogens with one attached hydrogen (secondary N) is 1. The highest BCUT2D eigenvalue weighted by Gasteiger charge is 2.37. The summed E-state index contributed by atoms with van der Waals surface area (Å²) in [5.74, 6) is -1.51. The Balaban J connectivity index is 2.08. The minimum atomic E-state index is -0.857. The molecule has 1 heterocycles. The number of phenolic OH excluding ortho intramolecular Hbond substituents is 1. The second-order valence-corrected chi connectivity index (χ2v) is 7.39. The van der Waals surface area contributed by atoms with Crippen LogP contribution < -0.4 is 15.0 Å². The predicted molar refractivity (Wildman–Crippen MR) is 112 cm³/mol. The fraction of sp³-hybridized carbons (Fsp3) is 0.150. The van der Waals surface area contributed by atoms with E-state index in [0.717, 1.165) is 4.90 Å². The molecule has 1 aliphatic heterocycles. The number of halogens is 2. The molecule has 0 saturated carbocycles. The number of benzene rings is 2. The number of aromatic hydroxyl groups is 1. The number of anilines is 1. The molecule has 3 rings (SSSR count). The van der Waals surface area contributed by atoms with Crippen LogP contribution >= 0.6 is 27.5 Å². The van der Waals surface area contributed by atoms with Crippen LogP contribution in [0.25, 0.3) is 6.08 Å². The van der Waals surface area contributed by atoms with Crippen LogP contribution in [0, 0.1) is 6.92 Å². The molecule has 4 amide bonds. The van der Waals surface area contributed by atoms with E-state index in [1.54, 1.807) is 32.0 Å². The number of hydrogen-bond donors (Lipinski definition) is 2. The van der Waals surface area contributed by atoms with Crippen LogP contribution in [-0.4, -0.2) is 29.6 Å². The summed E-state index contributed by atoms with van der Waals surface area (Å²) in [6, 6.07) is 6.97. The molecule has 0 atom stereocenters. The van der Waals surface area contributed by atoms with Gasteiger partial charge in [-0.2, -0.15) is 0 Å². The van der Waals surface area contributed by atoms with Crippen LogP contribution in [0.4, 0.5) is 10.5 Å². The number of urea groups is 1. The average molecular weight is 480 g/mol. The van der Waals surface area contributed by atoms with Crippen molar-refractivity contribution in [1.82, 2.24) is 5.32 Å². The van der Waals surface area contributed by atoms with Crippen molar-refractivity contribution in [2.24, 2.45) is 0 Å². The van der Waals surface area contributed by atoms with Gasteiger partial charge in [0.05, 0.1) is 16.8 Å². The van der Waals surface area contributed by atoms with Gasteiger partial charge in [-0.1, -0.05) is 17.7 Å². The monoisotopic (exact) mass is 478 g/mol. The van der Waals surface area contributed by atoms with Gasteiger partial charge in [-0.25, -0.2) is 9.69 Å². The summed E-state index contributed by atoms with van der Waals surface area (Å²) in [6.45, 7) is 3.74. The number of ether oxygens (including phenoxy) is 1. The number of rotatable bonds is 4. The zero-order valence-corrected chi connectivity index (χ0v) is 17.8. The molecule has 1 fully saturated rings. The van der Waals surface area contributed by atoms with Crippen LogP contribution in [0.5, 0.6) is 11.5 Å². The van der Waals surface area contributed by atoms with Crippen molar-refractivity contribution >= 4 is 57.1 Å². The molecular formula is C20H16BrClN2O5. The molecule has 7 nitrogen and oxygen atoms in total. The molecule has 0 bridgehead atoms. The fourth-order valence-electron chi connectivity index (χ4n) is 2.82. The Hall–Kier alpha value is -2.84. The van der Waals surface area contributed by atoms with Crippen molar-refractivity contribution in [2.45, 2.75) is 13.8 Å². The SMILES string of the molecule is CCOc1cc(C=C2C(=O)NC(=O)N(c3cccc(Cl)c3C)C2=O)cc(Br)c1O. The van der Waals surface area contributed by atoms with Crippen molar-refractivity contribution in [3.8, 4) is 11.5 Å². The number of barbiturate groups is 1. The van der Waals surface area contributed by atoms with Crippen LogP contribution in [0.3, 0.4) is 0 Å². The number of hydrogen-bond acceptors (Lipinski definition) is 5. The third-order valence-corrected chi connectivity index (χ3v) is 5.26. The molecule has 2 aromatic carbocycles. The van der Waals surface area contributed by atoms with Gasteiger partial charge in [0, 0.05) is 5.02 Å². The smallest absolute Gasteiger partial charge is 0.335 e. The highest BCUT2D eigenvalue weighted by atomic mass is 79.9. The molecule has 0 spiro atoms. The van der Waals surface area contributed by atoms with Crippen LogP contribution in [0.2, 0.25) is 5.02 Å². The third-order valence-electron chi connectivity index (χ3n) is 4.24. The zero-order valence-electron chi connectivity index (χ0n) is 15.5. The van der Waals surface area contributed by atoms with Gasteiger partial charge >= 0.3 is 6.03 Å². The summed E-state index contributed by atoms with van der Waals surface area (Å²) in [6.07, 6.45) is 1.32. The lowest BCUT2D eigenvalue weighted by molar-refractivity contribution is -0.122. The van der Waals surface area contributed by atoms with Gasteiger partial charge in [0.2, 0.25) is 0 Å². The van der Waals surface area contributed by atoms with E-state index in [-0.39, 0.29) is 22.8 Å². The summed E-state index contributed by atoms with van der Waals surface area (Å²) < 4.78 is 5.69. The van der Waals surface area contributed by atoms with E-state index in [1.807, 2.05) is 0 Å². The molecule has 0 unspecified atom stereocenters. The Morgan fingerprint density at radius 2 is 2.00 bits per heavy atom. The lowest BCUT2D eigenvalue weighted by Gasteiger charge is -2.27. The van der Waals surface area contributed by atoms with Gasteiger partial charge in [0.1, 0.15) is 5.57 Å². The van der Waals surface area contributed by atoms with Crippen molar-refractivity contribution < 1.29 is 24.2 Å². The Labute approximate surface area is 180 Å². The minimum absolute atomic E-state index is 0.0974. The molecular weight excluding hydrogens is 464 g/mol. The molecule has 1 aliphatic rings. The summed E-state index contributed by atoms with van der Waals surface area (Å²) >= 11 is 9.32. The highest BCUT2D eigenvalue weighted by molar-refractivity contribution is 9.10. The zero-order chi connectivity index (χ0) is 21.3. The van der Waals surface area contributed by atoms with Gasteiger partial charge in [-0.05, 0) is 71.2 Å². The predicted octanol–water partition coefficient (Wildman–Crippen LogP) is 4.18. The van der Waals surface area contributed by atoms with Gasteiger partial charge in [-0.3, -0.25) is 14.9 Å². The van der Waals surface area contributed by atoms with Crippen LogP contribution in [0.1, 0.15) is 18.1 Å². The second kappa shape index (κ2) is 8.26. The van der Waals surface area contributed by atoms with E-state index < -0.39 is 17.8 Å². The Morgan fingerprint density at radius 1 is 1.28 bits per heavy atom. The summed E-state index contributed by atoms with van der Waals surface area (Å²) in [5, 5.41) is 12.6. The van der Waals surface area contributed by atoms with E-state index in [1.165, 1.54) is 18.2 Å². The Bertz CT molecular complexity index is 1070. The number of carbonyl (C=O) groups is 3. The van der Waals surface area contributed by atoms with Crippen LogP contribution in [0.15, 0.2) is 40.4 Å². The Kier molecular flexibility index (Phi) is 5.95. The van der Waals surface area contributed by atoms with E-state index in [9.17, 15) is 19.5 Å². The van der Waals surface area contributed by atoms with E-state index >= 15 is 0 Å². The summed E-state index contributed by atoms with van der Waals surface area (Å²) in [4.78, 5) is 38.6. The molecule has 29 heavy (non-hydrogen) atoms.